The van der Waals surface area contributed by atoms with Gasteiger partial charge in [-0.05, 0) is 49.9 Å². The van der Waals surface area contributed by atoms with Gasteiger partial charge in [-0.2, -0.15) is 0 Å². The van der Waals surface area contributed by atoms with Gasteiger partial charge in [-0.1, -0.05) is 6.42 Å². The molecule has 4 aliphatic rings. The predicted octanol–water partition coefficient (Wildman–Crippen LogP) is 1.74. The Bertz CT molecular complexity index is 509. The highest BCUT2D eigenvalue weighted by Gasteiger charge is 2.49. The highest BCUT2D eigenvalue weighted by molar-refractivity contribution is 5.81. The molecule has 0 aromatic carbocycles. The number of carbonyl (C=O) groups is 1. The SMILES string of the molecule is CN=C(NCC1(C2CC2)CCC1)N1CCCC2(CNC(=O)C2)C1. The fraction of sp³-hybridized carbons (Fsp3) is 0.889. The highest BCUT2D eigenvalue weighted by Crippen LogP contribution is 2.56. The number of nitrogens with zero attached hydrogens (tertiary/aromatic N) is 2. The minimum absolute atomic E-state index is 0.137. The number of amides is 1. The summed E-state index contributed by atoms with van der Waals surface area (Å²) in [5, 5.41) is 6.72. The van der Waals surface area contributed by atoms with Gasteiger partial charge in [0.1, 0.15) is 0 Å². The molecule has 2 aliphatic heterocycles. The lowest BCUT2D eigenvalue weighted by Gasteiger charge is -2.45. The zero-order chi connectivity index (χ0) is 15.9. The Balaban J connectivity index is 1.38. The Morgan fingerprint density at radius 3 is 2.74 bits per heavy atom. The van der Waals surface area contributed by atoms with E-state index >= 15 is 0 Å². The lowest BCUT2D eigenvalue weighted by molar-refractivity contribution is -0.119. The van der Waals surface area contributed by atoms with E-state index in [0.717, 1.165) is 50.9 Å². The number of aliphatic imine (C=N–C) groups is 1. The monoisotopic (exact) mass is 318 g/mol. The third-order valence-corrected chi connectivity index (χ3v) is 6.76. The van der Waals surface area contributed by atoms with Crippen LogP contribution in [0.3, 0.4) is 0 Å². The molecule has 1 atom stereocenters. The van der Waals surface area contributed by atoms with Crippen LogP contribution in [-0.4, -0.2) is 50.0 Å². The van der Waals surface area contributed by atoms with Crippen LogP contribution in [0.1, 0.15) is 51.4 Å². The average molecular weight is 318 g/mol. The van der Waals surface area contributed by atoms with Crippen molar-refractivity contribution in [3.8, 4) is 0 Å². The molecule has 0 bridgehead atoms. The minimum atomic E-state index is 0.137. The zero-order valence-corrected chi connectivity index (χ0v) is 14.4. The van der Waals surface area contributed by atoms with Crippen LogP contribution in [0.4, 0.5) is 0 Å². The molecule has 5 heteroatoms. The Hall–Kier alpha value is -1.26. The van der Waals surface area contributed by atoms with Crippen LogP contribution in [0, 0.1) is 16.7 Å². The second-order valence-electron chi connectivity index (χ2n) is 8.37. The third kappa shape index (κ3) is 2.83. The van der Waals surface area contributed by atoms with Gasteiger partial charge in [0.15, 0.2) is 5.96 Å². The van der Waals surface area contributed by atoms with Gasteiger partial charge >= 0.3 is 0 Å². The molecule has 2 aliphatic carbocycles. The van der Waals surface area contributed by atoms with Crippen molar-refractivity contribution in [1.82, 2.24) is 15.5 Å². The molecule has 0 radical (unpaired) electrons. The molecular formula is C18H30N4O. The van der Waals surface area contributed by atoms with Crippen LogP contribution in [0.25, 0.3) is 0 Å². The number of carbonyl (C=O) groups excluding carboxylic acids is 1. The van der Waals surface area contributed by atoms with E-state index in [1.165, 1.54) is 32.1 Å². The molecule has 1 amide bonds. The summed E-state index contributed by atoms with van der Waals surface area (Å²) < 4.78 is 0. The summed E-state index contributed by atoms with van der Waals surface area (Å²) >= 11 is 0. The van der Waals surface area contributed by atoms with Gasteiger partial charge in [0.2, 0.25) is 5.91 Å². The van der Waals surface area contributed by atoms with Crippen molar-refractivity contribution < 1.29 is 4.79 Å². The van der Waals surface area contributed by atoms with Crippen LogP contribution in [0.15, 0.2) is 4.99 Å². The number of guanidine groups is 1. The number of rotatable bonds is 3. The fourth-order valence-corrected chi connectivity index (χ4v) is 5.07. The predicted molar refractivity (Wildman–Crippen MR) is 91.2 cm³/mol. The normalized spacial score (nSPS) is 33.5. The van der Waals surface area contributed by atoms with Gasteiger partial charge < -0.3 is 15.5 Å². The number of hydrogen-bond donors (Lipinski definition) is 2. The van der Waals surface area contributed by atoms with Crippen molar-refractivity contribution in [2.45, 2.75) is 51.4 Å². The molecule has 128 valence electrons. The summed E-state index contributed by atoms with van der Waals surface area (Å²) in [7, 11) is 1.90. The van der Waals surface area contributed by atoms with Crippen molar-refractivity contribution >= 4 is 11.9 Å². The van der Waals surface area contributed by atoms with Crippen LogP contribution in [-0.2, 0) is 4.79 Å². The Kier molecular flexibility index (Phi) is 3.77. The van der Waals surface area contributed by atoms with Gasteiger partial charge in [-0.3, -0.25) is 9.79 Å². The van der Waals surface area contributed by atoms with E-state index in [1.54, 1.807) is 0 Å². The van der Waals surface area contributed by atoms with Gasteiger partial charge in [-0.25, -0.2) is 0 Å². The quantitative estimate of drug-likeness (QED) is 0.616. The van der Waals surface area contributed by atoms with Gasteiger partial charge in [-0.15, -0.1) is 0 Å². The van der Waals surface area contributed by atoms with Crippen molar-refractivity contribution in [3.05, 3.63) is 0 Å². The molecule has 2 saturated carbocycles. The largest absolute Gasteiger partial charge is 0.356 e. The molecule has 2 heterocycles. The Morgan fingerprint density at radius 2 is 2.17 bits per heavy atom. The van der Waals surface area contributed by atoms with E-state index in [4.69, 9.17) is 0 Å². The smallest absolute Gasteiger partial charge is 0.220 e. The second-order valence-corrected chi connectivity index (χ2v) is 8.37. The first-order valence-corrected chi connectivity index (χ1v) is 9.37. The van der Waals surface area contributed by atoms with Crippen molar-refractivity contribution in [2.75, 3.05) is 33.2 Å². The summed E-state index contributed by atoms with van der Waals surface area (Å²) in [5.74, 6) is 2.23. The van der Waals surface area contributed by atoms with Crippen molar-refractivity contribution in [2.24, 2.45) is 21.7 Å². The molecule has 1 spiro atoms. The van der Waals surface area contributed by atoms with E-state index in [-0.39, 0.29) is 11.3 Å². The molecule has 4 fully saturated rings. The average Bonchev–Trinajstić information content (AvgIpc) is 3.28. The highest BCUT2D eigenvalue weighted by atomic mass is 16.1. The van der Waals surface area contributed by atoms with Crippen LogP contribution >= 0.6 is 0 Å². The number of nitrogens with one attached hydrogen (secondary N) is 2. The summed E-state index contributed by atoms with van der Waals surface area (Å²) in [6.07, 6.45) is 10.0. The Labute approximate surface area is 139 Å². The van der Waals surface area contributed by atoms with Gasteiger partial charge in [0.25, 0.3) is 0 Å². The number of piperidine rings is 1. The van der Waals surface area contributed by atoms with E-state index in [1.807, 2.05) is 7.05 Å². The standard InChI is InChI=1S/C18H30N4O/c1-19-16(21-12-18(7-2-8-18)14-4-5-14)22-9-3-6-17(13-22)10-15(23)20-11-17/h14H,2-13H2,1H3,(H,19,21)(H,20,23). The van der Waals surface area contributed by atoms with E-state index in [9.17, 15) is 4.79 Å². The number of hydrogen-bond acceptors (Lipinski definition) is 2. The minimum Gasteiger partial charge on any atom is -0.356 e. The molecule has 0 aromatic rings. The second kappa shape index (κ2) is 5.67. The van der Waals surface area contributed by atoms with E-state index in [2.05, 4.69) is 20.5 Å². The molecule has 5 nitrogen and oxygen atoms in total. The van der Waals surface area contributed by atoms with Crippen molar-refractivity contribution in [3.63, 3.8) is 0 Å². The lowest BCUT2D eigenvalue weighted by atomic mass is 9.65. The maximum absolute atomic E-state index is 11.7. The van der Waals surface area contributed by atoms with Crippen LogP contribution in [0.5, 0.6) is 0 Å². The van der Waals surface area contributed by atoms with Crippen LogP contribution < -0.4 is 10.6 Å². The molecule has 2 saturated heterocycles. The van der Waals surface area contributed by atoms with Gasteiger partial charge in [0.05, 0.1) is 0 Å². The van der Waals surface area contributed by atoms with Crippen molar-refractivity contribution in [1.29, 1.82) is 0 Å². The first kappa shape index (κ1) is 15.3. The van der Waals surface area contributed by atoms with E-state index in [0.29, 0.717) is 11.8 Å². The summed E-state index contributed by atoms with van der Waals surface area (Å²) in [6.45, 7) is 3.95. The van der Waals surface area contributed by atoms with Crippen LogP contribution in [0.2, 0.25) is 0 Å². The Morgan fingerprint density at radius 1 is 1.35 bits per heavy atom. The maximum Gasteiger partial charge on any atom is 0.220 e. The first-order valence-electron chi connectivity index (χ1n) is 9.37. The van der Waals surface area contributed by atoms with E-state index < -0.39 is 0 Å². The number of likely N-dealkylation sites (tertiary alicyclic amines) is 1. The molecular weight excluding hydrogens is 288 g/mol. The molecule has 0 aromatic heterocycles. The molecule has 23 heavy (non-hydrogen) atoms. The summed E-state index contributed by atoms with van der Waals surface area (Å²) in [4.78, 5) is 18.6. The molecule has 4 rings (SSSR count). The maximum atomic E-state index is 11.7. The third-order valence-electron chi connectivity index (χ3n) is 6.76. The lowest BCUT2D eigenvalue weighted by Crippen LogP contribution is -2.54. The molecule has 1 unspecified atom stereocenters. The topological polar surface area (TPSA) is 56.7 Å². The first-order chi connectivity index (χ1) is 11.1. The molecule has 2 N–H and O–H groups in total. The summed E-state index contributed by atoms with van der Waals surface area (Å²) in [5.41, 5.74) is 0.700. The van der Waals surface area contributed by atoms with Gasteiger partial charge in [0, 0.05) is 45.1 Å². The zero-order valence-electron chi connectivity index (χ0n) is 14.4. The fourth-order valence-electron chi connectivity index (χ4n) is 5.07. The summed E-state index contributed by atoms with van der Waals surface area (Å²) in [6, 6.07) is 0.